The second-order valence-corrected chi connectivity index (χ2v) is 12.5. The Morgan fingerprint density at radius 3 is 2.75 bits per heavy atom. The highest BCUT2D eigenvalue weighted by Gasteiger charge is 2.38. The summed E-state index contributed by atoms with van der Waals surface area (Å²) in [7, 11) is 0. The van der Waals surface area contributed by atoms with E-state index >= 15 is 0 Å². The summed E-state index contributed by atoms with van der Waals surface area (Å²) in [4.78, 5) is 38.6. The summed E-state index contributed by atoms with van der Waals surface area (Å²) in [5.41, 5.74) is 0.418. The van der Waals surface area contributed by atoms with Gasteiger partial charge in [0, 0.05) is 17.8 Å². The number of terminal acetylenes is 1. The topological polar surface area (TPSA) is 121 Å². The van der Waals surface area contributed by atoms with Gasteiger partial charge in [-0.25, -0.2) is 9.88 Å². The fourth-order valence-electron chi connectivity index (χ4n) is 4.10. The monoisotopic (exact) mass is 587 g/mol. The Hall–Kier alpha value is -3.26. The lowest BCUT2D eigenvalue weighted by molar-refractivity contribution is -0.149. The lowest BCUT2D eigenvalue weighted by Crippen LogP contribution is -2.36. The van der Waals surface area contributed by atoms with E-state index in [0.29, 0.717) is 17.7 Å². The number of esters is 1. The van der Waals surface area contributed by atoms with Crippen molar-refractivity contribution in [1.29, 1.82) is 0 Å². The van der Waals surface area contributed by atoms with E-state index in [1.165, 1.54) is 16.8 Å². The van der Waals surface area contributed by atoms with Crippen LogP contribution >= 0.6 is 6.64 Å². The zero-order chi connectivity index (χ0) is 29.4. The van der Waals surface area contributed by atoms with Crippen LogP contribution in [-0.2, 0) is 30.6 Å². The Balaban J connectivity index is 1.86. The van der Waals surface area contributed by atoms with Gasteiger partial charge in [-0.1, -0.05) is 42.9 Å². The van der Waals surface area contributed by atoms with Crippen LogP contribution in [0.5, 0.6) is 5.75 Å². The molecule has 0 amide bonds. The molecule has 10 nitrogen and oxygen atoms in total. The molecule has 1 aromatic heterocycles. The maximum absolute atomic E-state index is 12.6. The minimum Gasteiger partial charge on any atom is -0.462 e. The lowest BCUT2D eigenvalue weighted by atomic mass is 10.0. The van der Waals surface area contributed by atoms with Gasteiger partial charge in [0.2, 0.25) is 0 Å². The lowest BCUT2D eigenvalue weighted by Gasteiger charge is -2.28. The smallest absolute Gasteiger partial charge is 0.330 e. The number of nitrogens with zero attached hydrogens (tertiary/aromatic N) is 1. The van der Waals surface area contributed by atoms with E-state index in [2.05, 4.69) is 22.6 Å². The maximum Gasteiger partial charge on any atom is 0.330 e. The highest BCUT2D eigenvalue weighted by Crippen LogP contribution is 2.48. The molecule has 2 heterocycles. The molecule has 40 heavy (non-hydrogen) atoms. The van der Waals surface area contributed by atoms with Crippen LogP contribution in [-0.4, -0.2) is 40.4 Å². The summed E-state index contributed by atoms with van der Waals surface area (Å²) >= 11 is 5.86. The second-order valence-electron chi connectivity index (χ2n) is 9.36. The summed E-state index contributed by atoms with van der Waals surface area (Å²) in [6.07, 6.45) is 11.2. The van der Waals surface area contributed by atoms with Crippen molar-refractivity contribution in [3.63, 3.8) is 0 Å². The van der Waals surface area contributed by atoms with E-state index in [0.717, 1.165) is 5.56 Å². The Bertz CT molecular complexity index is 1460. The number of rotatable bonds is 12. The molecule has 2 N–H and O–H groups in total. The number of carbonyl (C=O) groups excluding carboxylic acids is 1. The van der Waals surface area contributed by atoms with Crippen LogP contribution in [0.25, 0.3) is 12.2 Å². The fraction of sp³-hybridized carbons (Fsp3) is 0.393. The van der Waals surface area contributed by atoms with Gasteiger partial charge < -0.3 is 18.5 Å². The SMILES string of the molecule is C#CC1CC(COP(=S)(NC(C)C(=O)OC(C)C)Oc2cccc(C=CC)c2C=C)OC1n1ccc(=O)[nH]c1=O. The first-order valence-corrected chi connectivity index (χ1v) is 15.4. The molecule has 1 aromatic carbocycles. The molecule has 1 saturated heterocycles. The van der Waals surface area contributed by atoms with E-state index in [-0.39, 0.29) is 12.7 Å². The summed E-state index contributed by atoms with van der Waals surface area (Å²) in [5, 5.41) is 3.02. The van der Waals surface area contributed by atoms with Crippen molar-refractivity contribution in [2.24, 2.45) is 5.92 Å². The van der Waals surface area contributed by atoms with Crippen molar-refractivity contribution < 1.29 is 23.3 Å². The first-order valence-electron chi connectivity index (χ1n) is 12.7. The summed E-state index contributed by atoms with van der Waals surface area (Å²) < 4.78 is 25.1. The number of carbonyl (C=O) groups is 1. The van der Waals surface area contributed by atoms with E-state index in [9.17, 15) is 14.4 Å². The highest BCUT2D eigenvalue weighted by molar-refractivity contribution is 8.09. The summed E-state index contributed by atoms with van der Waals surface area (Å²) in [5.74, 6) is 2.10. The van der Waals surface area contributed by atoms with Crippen molar-refractivity contribution in [3.05, 3.63) is 75.1 Å². The van der Waals surface area contributed by atoms with Gasteiger partial charge in [-0.05, 0) is 57.6 Å². The average Bonchev–Trinajstić information content (AvgIpc) is 3.30. The Kier molecular flexibility index (Phi) is 10.9. The molecule has 214 valence electrons. The molecule has 0 spiro atoms. The molecule has 1 aliphatic rings. The zero-order valence-electron chi connectivity index (χ0n) is 22.9. The fourth-order valence-corrected chi connectivity index (χ4v) is 6.54. The molecule has 1 fully saturated rings. The van der Waals surface area contributed by atoms with Crippen LogP contribution in [0.2, 0.25) is 0 Å². The second kappa shape index (κ2) is 13.9. The van der Waals surface area contributed by atoms with E-state index in [1.807, 2.05) is 31.2 Å². The van der Waals surface area contributed by atoms with Crippen LogP contribution in [0.1, 0.15) is 51.5 Å². The van der Waals surface area contributed by atoms with Crippen LogP contribution in [0.3, 0.4) is 0 Å². The minimum absolute atomic E-state index is 0.0407. The number of aromatic nitrogens is 2. The summed E-state index contributed by atoms with van der Waals surface area (Å²) in [6.45, 7) is 7.48. The molecule has 2 aromatic rings. The molecule has 5 unspecified atom stereocenters. The molecule has 0 radical (unpaired) electrons. The molecule has 3 rings (SSSR count). The van der Waals surface area contributed by atoms with Crippen LogP contribution in [0, 0.1) is 18.3 Å². The van der Waals surface area contributed by atoms with Crippen LogP contribution in [0.4, 0.5) is 0 Å². The Labute approximate surface area is 238 Å². The molecule has 0 saturated carbocycles. The molecule has 0 bridgehead atoms. The van der Waals surface area contributed by atoms with Gasteiger partial charge in [0.15, 0.2) is 6.23 Å². The number of hydrogen-bond acceptors (Lipinski definition) is 8. The average molecular weight is 588 g/mol. The predicted molar refractivity (Wildman–Crippen MR) is 158 cm³/mol. The predicted octanol–water partition coefficient (Wildman–Crippen LogP) is 4.00. The van der Waals surface area contributed by atoms with Crippen molar-refractivity contribution >= 4 is 36.6 Å². The first kappa shape index (κ1) is 31.3. The Morgan fingerprint density at radius 1 is 1.38 bits per heavy atom. The first-order chi connectivity index (χ1) is 19.0. The van der Waals surface area contributed by atoms with E-state index in [1.54, 1.807) is 32.9 Å². The number of allylic oxidation sites excluding steroid dienone is 1. The number of aromatic amines is 1. The third-order valence-corrected chi connectivity index (χ3v) is 8.37. The molecule has 0 aliphatic carbocycles. The van der Waals surface area contributed by atoms with Gasteiger partial charge in [0.05, 0.1) is 24.7 Å². The van der Waals surface area contributed by atoms with Crippen molar-refractivity contribution in [1.82, 2.24) is 14.6 Å². The van der Waals surface area contributed by atoms with Gasteiger partial charge >= 0.3 is 18.3 Å². The van der Waals surface area contributed by atoms with Crippen molar-refractivity contribution in [3.8, 4) is 18.1 Å². The largest absolute Gasteiger partial charge is 0.462 e. The molecule has 12 heteroatoms. The molecular formula is C28H34N3O7PS. The maximum atomic E-state index is 12.6. The number of H-pyrrole nitrogens is 1. The molecular weight excluding hydrogens is 553 g/mol. The highest BCUT2D eigenvalue weighted by atomic mass is 32.5. The van der Waals surface area contributed by atoms with E-state index < -0.39 is 48.2 Å². The molecule has 1 aliphatic heterocycles. The van der Waals surface area contributed by atoms with Crippen LogP contribution in [0.15, 0.2) is 52.7 Å². The normalized spacial score (nSPS) is 21.1. The van der Waals surface area contributed by atoms with Gasteiger partial charge in [0.1, 0.15) is 11.8 Å². The zero-order valence-corrected chi connectivity index (χ0v) is 24.6. The number of ether oxygens (including phenoxy) is 2. The Morgan fingerprint density at radius 2 is 2.12 bits per heavy atom. The van der Waals surface area contributed by atoms with Crippen molar-refractivity contribution in [2.45, 2.75) is 58.6 Å². The van der Waals surface area contributed by atoms with Gasteiger partial charge in [-0.15, -0.1) is 6.42 Å². The minimum atomic E-state index is -3.40. The van der Waals surface area contributed by atoms with Gasteiger partial charge in [-0.3, -0.25) is 19.1 Å². The standard InChI is InChI=1S/C28H34N3O7PS/c1-7-11-21-12-10-13-24(23(21)9-3)38-39(40,30-19(6)27(33)36-18(4)5)35-17-22-16-20(8-2)26(37-22)31-15-14-25(32)29-28(31)34/h2,7,9-15,18-20,22,26H,3,16-17H2,1,4-6H3,(H,30,40)(H,29,32,34). The third-order valence-electron chi connectivity index (χ3n) is 5.89. The van der Waals surface area contributed by atoms with Gasteiger partial charge in [0.25, 0.3) is 5.56 Å². The van der Waals surface area contributed by atoms with Crippen LogP contribution < -0.4 is 20.9 Å². The molecule has 5 atom stereocenters. The number of benzene rings is 1. The van der Waals surface area contributed by atoms with Gasteiger partial charge in [-0.2, -0.15) is 0 Å². The summed E-state index contributed by atoms with van der Waals surface area (Å²) in [6, 6.07) is 5.85. The van der Waals surface area contributed by atoms with Crippen molar-refractivity contribution in [2.75, 3.05) is 6.61 Å². The third kappa shape index (κ3) is 7.90. The number of nitrogens with one attached hydrogen (secondary N) is 2. The quantitative estimate of drug-likeness (QED) is 0.216. The number of hydrogen-bond donors (Lipinski definition) is 2. The van der Waals surface area contributed by atoms with E-state index in [4.69, 9.17) is 36.8 Å².